The summed E-state index contributed by atoms with van der Waals surface area (Å²) >= 11 is 1.26. The van der Waals surface area contributed by atoms with Gasteiger partial charge in [0.05, 0.1) is 5.75 Å². The highest BCUT2D eigenvalue weighted by molar-refractivity contribution is 7.99. The van der Waals surface area contributed by atoms with Crippen molar-refractivity contribution in [2.24, 2.45) is 5.92 Å². The molecule has 4 N–H and O–H groups in total. The van der Waals surface area contributed by atoms with E-state index >= 15 is 0 Å². The van der Waals surface area contributed by atoms with Gasteiger partial charge < -0.3 is 21.3 Å². The summed E-state index contributed by atoms with van der Waals surface area (Å²) in [5, 5.41) is 20.8. The molecule has 0 unspecified atom stereocenters. The maximum absolute atomic E-state index is 12.4. The summed E-state index contributed by atoms with van der Waals surface area (Å²) in [5.74, 6) is 1.36. The lowest BCUT2D eigenvalue weighted by Gasteiger charge is -2.10. The van der Waals surface area contributed by atoms with Crippen LogP contribution < -0.4 is 21.3 Å². The van der Waals surface area contributed by atoms with Crippen LogP contribution in [0.4, 0.5) is 17.6 Å². The zero-order chi connectivity index (χ0) is 23.8. The normalized spacial score (nSPS) is 10.9. The Morgan fingerprint density at radius 1 is 1.03 bits per heavy atom. The van der Waals surface area contributed by atoms with Crippen molar-refractivity contribution in [2.45, 2.75) is 39.4 Å². The average molecular weight is 472 g/mol. The molecule has 0 saturated carbocycles. The second-order valence-corrected chi connectivity index (χ2v) is 8.40. The standard InChI is InChI=1S/C21H29N9O2S/c1-5-22-18-26-19(23-6-2)30-20(27-18)28-29-21(30)33-12-16(31)24-11-14-7-9-15(10-8-14)25-17(32)13(3)4/h7-10,13H,5-6,11-12H2,1-4H3,(H,24,31)(H,25,32)(H2,22,23,26,27,28). The molecular weight excluding hydrogens is 442 g/mol. The maximum atomic E-state index is 12.4. The summed E-state index contributed by atoms with van der Waals surface area (Å²) in [5.41, 5.74) is 1.66. The largest absolute Gasteiger partial charge is 0.355 e. The van der Waals surface area contributed by atoms with Gasteiger partial charge in [-0.25, -0.2) is 4.40 Å². The number of benzene rings is 1. The summed E-state index contributed by atoms with van der Waals surface area (Å²) in [6.45, 7) is 9.35. The number of nitrogens with zero attached hydrogens (tertiary/aromatic N) is 5. The maximum Gasteiger partial charge on any atom is 0.261 e. The summed E-state index contributed by atoms with van der Waals surface area (Å²) in [7, 11) is 0. The van der Waals surface area contributed by atoms with E-state index in [0.29, 0.717) is 42.5 Å². The Balaban J connectivity index is 1.57. The first-order valence-corrected chi connectivity index (χ1v) is 11.8. The Kier molecular flexibility index (Phi) is 8.41. The monoisotopic (exact) mass is 471 g/mol. The molecule has 0 atom stereocenters. The molecule has 0 bridgehead atoms. The predicted molar refractivity (Wildman–Crippen MR) is 129 cm³/mol. The highest BCUT2D eigenvalue weighted by Gasteiger charge is 2.16. The number of nitrogens with one attached hydrogen (secondary N) is 4. The smallest absolute Gasteiger partial charge is 0.261 e. The lowest BCUT2D eigenvalue weighted by atomic mass is 10.1. The number of anilines is 3. The van der Waals surface area contributed by atoms with E-state index in [-0.39, 0.29) is 23.5 Å². The minimum atomic E-state index is -0.135. The highest BCUT2D eigenvalue weighted by Crippen LogP contribution is 2.21. The van der Waals surface area contributed by atoms with Crippen LogP contribution in [0.25, 0.3) is 5.78 Å². The number of fused-ring (bicyclic) bond motifs is 1. The van der Waals surface area contributed by atoms with E-state index in [9.17, 15) is 9.59 Å². The Morgan fingerprint density at radius 2 is 1.76 bits per heavy atom. The van der Waals surface area contributed by atoms with E-state index in [2.05, 4.69) is 41.4 Å². The number of hydrogen-bond acceptors (Lipinski definition) is 9. The molecule has 0 radical (unpaired) electrons. The van der Waals surface area contributed by atoms with Gasteiger partial charge in [-0.1, -0.05) is 37.7 Å². The first kappa shape index (κ1) is 24.2. The molecule has 0 saturated heterocycles. The van der Waals surface area contributed by atoms with E-state index in [1.54, 1.807) is 4.40 Å². The van der Waals surface area contributed by atoms with Crippen molar-refractivity contribution in [2.75, 3.05) is 34.8 Å². The van der Waals surface area contributed by atoms with E-state index in [0.717, 1.165) is 11.3 Å². The molecule has 2 amide bonds. The number of carbonyl (C=O) groups is 2. The number of amides is 2. The lowest BCUT2D eigenvalue weighted by Crippen LogP contribution is -2.24. The number of aromatic nitrogens is 5. The van der Waals surface area contributed by atoms with Gasteiger partial charge in [-0.15, -0.1) is 10.2 Å². The second-order valence-electron chi connectivity index (χ2n) is 7.46. The Bertz CT molecular complexity index is 1100. The molecule has 1 aromatic carbocycles. The molecule has 12 heteroatoms. The van der Waals surface area contributed by atoms with Crippen molar-refractivity contribution in [3.05, 3.63) is 29.8 Å². The second kappa shape index (κ2) is 11.5. The zero-order valence-electron chi connectivity index (χ0n) is 19.2. The molecule has 33 heavy (non-hydrogen) atoms. The fourth-order valence-electron chi connectivity index (χ4n) is 2.77. The van der Waals surface area contributed by atoms with Gasteiger partial charge in [-0.3, -0.25) is 9.59 Å². The van der Waals surface area contributed by atoms with Gasteiger partial charge in [-0.05, 0) is 31.5 Å². The summed E-state index contributed by atoms with van der Waals surface area (Å²) in [4.78, 5) is 33.0. The minimum Gasteiger partial charge on any atom is -0.355 e. The molecule has 0 fully saturated rings. The van der Waals surface area contributed by atoms with Gasteiger partial charge in [0.1, 0.15) is 0 Å². The van der Waals surface area contributed by atoms with Crippen LogP contribution in [0.2, 0.25) is 0 Å². The first-order chi connectivity index (χ1) is 15.9. The topological polar surface area (TPSA) is 138 Å². The third kappa shape index (κ3) is 6.54. The quantitative estimate of drug-likeness (QED) is 0.310. The molecule has 0 aliphatic rings. The van der Waals surface area contributed by atoms with Crippen molar-refractivity contribution in [1.29, 1.82) is 0 Å². The fourth-order valence-corrected chi connectivity index (χ4v) is 3.53. The van der Waals surface area contributed by atoms with Crippen molar-refractivity contribution in [3.8, 4) is 0 Å². The third-order valence-corrected chi connectivity index (χ3v) is 5.41. The molecule has 11 nitrogen and oxygen atoms in total. The molecular formula is C21H29N9O2S. The predicted octanol–water partition coefficient (Wildman–Crippen LogP) is 2.39. The molecule has 2 heterocycles. The summed E-state index contributed by atoms with van der Waals surface area (Å²) < 4.78 is 1.70. The number of rotatable bonds is 11. The first-order valence-electron chi connectivity index (χ1n) is 10.8. The Hall–Kier alpha value is -3.41. The molecule has 3 rings (SSSR count). The Morgan fingerprint density at radius 3 is 2.42 bits per heavy atom. The van der Waals surface area contributed by atoms with Crippen molar-refractivity contribution in [3.63, 3.8) is 0 Å². The molecule has 0 spiro atoms. The van der Waals surface area contributed by atoms with Crippen LogP contribution in [-0.4, -0.2) is 55.2 Å². The van der Waals surface area contributed by atoms with Crippen molar-refractivity contribution < 1.29 is 9.59 Å². The minimum absolute atomic E-state index is 0.0328. The van der Waals surface area contributed by atoms with Gasteiger partial charge >= 0.3 is 0 Å². The molecule has 0 aliphatic heterocycles. The SMILES string of the molecule is CCNc1nc(NCC)n2c(SCC(=O)NCc3ccc(NC(=O)C(C)C)cc3)nnc2n1. The average Bonchev–Trinajstić information content (AvgIpc) is 3.20. The van der Waals surface area contributed by atoms with E-state index < -0.39 is 0 Å². The number of thioether (sulfide) groups is 1. The van der Waals surface area contributed by atoms with Gasteiger partial charge in [-0.2, -0.15) is 9.97 Å². The van der Waals surface area contributed by atoms with Crippen LogP contribution in [0.5, 0.6) is 0 Å². The van der Waals surface area contributed by atoms with Crippen molar-refractivity contribution >= 4 is 46.9 Å². The molecule has 2 aromatic heterocycles. The van der Waals surface area contributed by atoms with Gasteiger partial charge in [0.25, 0.3) is 5.78 Å². The van der Waals surface area contributed by atoms with Crippen LogP contribution in [0.15, 0.2) is 29.4 Å². The highest BCUT2D eigenvalue weighted by atomic mass is 32.2. The molecule has 3 aromatic rings. The van der Waals surface area contributed by atoms with Gasteiger partial charge in [0, 0.05) is 31.2 Å². The van der Waals surface area contributed by atoms with Crippen LogP contribution in [0, 0.1) is 5.92 Å². The van der Waals surface area contributed by atoms with Crippen LogP contribution in [0.3, 0.4) is 0 Å². The lowest BCUT2D eigenvalue weighted by molar-refractivity contribution is -0.119. The summed E-state index contributed by atoms with van der Waals surface area (Å²) in [6.07, 6.45) is 0. The zero-order valence-corrected chi connectivity index (χ0v) is 20.0. The van der Waals surface area contributed by atoms with Gasteiger partial charge in [0.2, 0.25) is 23.7 Å². The molecule has 176 valence electrons. The van der Waals surface area contributed by atoms with E-state index in [4.69, 9.17) is 0 Å². The summed E-state index contributed by atoms with van der Waals surface area (Å²) in [6, 6.07) is 7.39. The fraction of sp³-hybridized carbons (Fsp3) is 0.429. The van der Waals surface area contributed by atoms with Crippen molar-refractivity contribution in [1.82, 2.24) is 29.9 Å². The molecule has 0 aliphatic carbocycles. The third-order valence-electron chi connectivity index (χ3n) is 4.48. The van der Waals surface area contributed by atoms with E-state index in [1.165, 1.54) is 11.8 Å². The van der Waals surface area contributed by atoms with E-state index in [1.807, 2.05) is 52.0 Å². The van der Waals surface area contributed by atoms with Gasteiger partial charge in [0.15, 0.2) is 5.16 Å². The van der Waals surface area contributed by atoms with Crippen LogP contribution in [0.1, 0.15) is 33.3 Å². The Labute approximate surface area is 196 Å². The van der Waals surface area contributed by atoms with Crippen LogP contribution in [-0.2, 0) is 16.1 Å². The van der Waals surface area contributed by atoms with Crippen LogP contribution >= 0.6 is 11.8 Å². The number of hydrogen-bond donors (Lipinski definition) is 4. The number of carbonyl (C=O) groups excluding carboxylic acids is 2.